The molecule has 1 aromatic rings. The molecule has 1 heterocycles. The van der Waals surface area contributed by atoms with E-state index in [4.69, 9.17) is 0 Å². The van der Waals surface area contributed by atoms with Crippen molar-refractivity contribution in [2.75, 3.05) is 13.6 Å². The van der Waals surface area contributed by atoms with Crippen molar-refractivity contribution in [3.63, 3.8) is 0 Å². The molecule has 0 amide bonds. The molecule has 0 spiro atoms. The Morgan fingerprint density at radius 3 is 2.63 bits per heavy atom. The molecule has 4 unspecified atom stereocenters. The van der Waals surface area contributed by atoms with Crippen LogP contribution in [0, 0.1) is 5.92 Å². The zero-order valence-corrected chi connectivity index (χ0v) is 12.8. The number of benzene rings is 1. The van der Waals surface area contributed by atoms with Crippen LogP contribution in [0.15, 0.2) is 30.3 Å². The SMILES string of the molecule is CC(Cc1ccccc1)NC1CC(C)N(C)CC1C. The average molecular weight is 260 g/mol. The molecule has 2 rings (SSSR count). The molecule has 0 aromatic heterocycles. The lowest BCUT2D eigenvalue weighted by molar-refractivity contribution is 0.116. The molecule has 106 valence electrons. The van der Waals surface area contributed by atoms with Crippen molar-refractivity contribution in [1.82, 2.24) is 10.2 Å². The van der Waals surface area contributed by atoms with Gasteiger partial charge >= 0.3 is 0 Å². The van der Waals surface area contributed by atoms with E-state index in [2.05, 4.69) is 68.4 Å². The number of hydrogen-bond donors (Lipinski definition) is 1. The zero-order chi connectivity index (χ0) is 13.8. The van der Waals surface area contributed by atoms with E-state index in [1.54, 1.807) is 0 Å². The Hall–Kier alpha value is -0.860. The summed E-state index contributed by atoms with van der Waals surface area (Å²) in [5.41, 5.74) is 1.43. The predicted molar refractivity (Wildman–Crippen MR) is 82.4 cm³/mol. The maximum absolute atomic E-state index is 3.84. The fraction of sp³-hybridized carbons (Fsp3) is 0.647. The number of nitrogens with zero attached hydrogens (tertiary/aromatic N) is 1. The second-order valence-electron chi connectivity index (χ2n) is 6.37. The highest BCUT2D eigenvalue weighted by molar-refractivity contribution is 5.15. The number of nitrogens with one attached hydrogen (secondary N) is 1. The number of hydrogen-bond acceptors (Lipinski definition) is 2. The molecule has 2 nitrogen and oxygen atoms in total. The maximum atomic E-state index is 3.84. The fourth-order valence-electron chi connectivity index (χ4n) is 3.17. The molecule has 1 aliphatic heterocycles. The minimum Gasteiger partial charge on any atom is -0.311 e. The first-order valence-electron chi connectivity index (χ1n) is 7.56. The summed E-state index contributed by atoms with van der Waals surface area (Å²) in [5.74, 6) is 0.736. The van der Waals surface area contributed by atoms with Crippen molar-refractivity contribution in [2.24, 2.45) is 5.92 Å². The lowest BCUT2D eigenvalue weighted by Crippen LogP contribution is -2.53. The molecular weight excluding hydrogens is 232 g/mol. The van der Waals surface area contributed by atoms with E-state index in [-0.39, 0.29) is 0 Å². The molecule has 2 heteroatoms. The standard InChI is InChI=1S/C17H28N2/c1-13-12-19(4)15(3)11-17(13)18-14(2)10-16-8-6-5-7-9-16/h5-9,13-15,17-18H,10-12H2,1-4H3. The van der Waals surface area contributed by atoms with Crippen molar-refractivity contribution in [2.45, 2.75) is 51.7 Å². The van der Waals surface area contributed by atoms with Gasteiger partial charge in [0.25, 0.3) is 0 Å². The van der Waals surface area contributed by atoms with Crippen molar-refractivity contribution in [1.29, 1.82) is 0 Å². The second kappa shape index (κ2) is 6.53. The molecule has 1 fully saturated rings. The summed E-state index contributed by atoms with van der Waals surface area (Å²) < 4.78 is 0. The van der Waals surface area contributed by atoms with E-state index >= 15 is 0 Å². The van der Waals surface area contributed by atoms with Gasteiger partial charge in [-0.05, 0) is 45.2 Å². The van der Waals surface area contributed by atoms with Gasteiger partial charge in [-0.3, -0.25) is 0 Å². The van der Waals surface area contributed by atoms with Crippen LogP contribution in [0.25, 0.3) is 0 Å². The summed E-state index contributed by atoms with van der Waals surface area (Å²) in [6.45, 7) is 8.22. The first-order chi connectivity index (χ1) is 9.06. The molecule has 0 aliphatic carbocycles. The Morgan fingerprint density at radius 1 is 1.26 bits per heavy atom. The van der Waals surface area contributed by atoms with Crippen molar-refractivity contribution < 1.29 is 0 Å². The van der Waals surface area contributed by atoms with E-state index in [1.807, 2.05) is 0 Å². The highest BCUT2D eigenvalue weighted by Crippen LogP contribution is 2.21. The largest absolute Gasteiger partial charge is 0.311 e. The van der Waals surface area contributed by atoms with Crippen LogP contribution in [0.3, 0.4) is 0 Å². The van der Waals surface area contributed by atoms with E-state index in [0.717, 1.165) is 12.3 Å². The predicted octanol–water partition coefficient (Wildman–Crippen LogP) is 2.94. The summed E-state index contributed by atoms with van der Waals surface area (Å²) in [6.07, 6.45) is 2.38. The van der Waals surface area contributed by atoms with Gasteiger partial charge < -0.3 is 10.2 Å². The van der Waals surface area contributed by atoms with E-state index < -0.39 is 0 Å². The van der Waals surface area contributed by atoms with Crippen molar-refractivity contribution in [3.8, 4) is 0 Å². The second-order valence-corrected chi connectivity index (χ2v) is 6.37. The van der Waals surface area contributed by atoms with Crippen LogP contribution >= 0.6 is 0 Å². The number of piperidine rings is 1. The van der Waals surface area contributed by atoms with Gasteiger partial charge in [-0.25, -0.2) is 0 Å². The van der Waals surface area contributed by atoms with E-state index in [1.165, 1.54) is 18.5 Å². The van der Waals surface area contributed by atoms with Crippen LogP contribution < -0.4 is 5.32 Å². The number of rotatable bonds is 4. The minimum atomic E-state index is 0.547. The summed E-state index contributed by atoms with van der Waals surface area (Å²) in [5, 5.41) is 3.84. The lowest BCUT2D eigenvalue weighted by Gasteiger charge is -2.41. The third kappa shape index (κ3) is 4.05. The van der Waals surface area contributed by atoms with E-state index in [0.29, 0.717) is 18.1 Å². The van der Waals surface area contributed by atoms with Gasteiger partial charge in [-0.1, -0.05) is 37.3 Å². The van der Waals surface area contributed by atoms with Crippen molar-refractivity contribution in [3.05, 3.63) is 35.9 Å². The lowest BCUT2D eigenvalue weighted by atomic mass is 9.89. The summed E-state index contributed by atoms with van der Waals surface area (Å²) in [6, 6.07) is 12.7. The highest BCUT2D eigenvalue weighted by atomic mass is 15.2. The molecular formula is C17H28N2. The van der Waals surface area contributed by atoms with Gasteiger partial charge in [0.2, 0.25) is 0 Å². The van der Waals surface area contributed by atoms with Gasteiger partial charge in [-0.2, -0.15) is 0 Å². The van der Waals surface area contributed by atoms with Gasteiger partial charge in [0.1, 0.15) is 0 Å². The Balaban J connectivity index is 1.86. The van der Waals surface area contributed by atoms with Crippen molar-refractivity contribution >= 4 is 0 Å². The van der Waals surface area contributed by atoms with Crippen LogP contribution in [0.2, 0.25) is 0 Å². The normalized spacial score (nSPS) is 30.2. The van der Waals surface area contributed by atoms with Gasteiger partial charge in [0.15, 0.2) is 0 Å². The van der Waals surface area contributed by atoms with Gasteiger partial charge in [-0.15, -0.1) is 0 Å². The molecule has 1 aliphatic rings. The monoisotopic (exact) mass is 260 g/mol. The Bertz CT molecular complexity index is 376. The van der Waals surface area contributed by atoms with E-state index in [9.17, 15) is 0 Å². The average Bonchev–Trinajstić information content (AvgIpc) is 2.37. The van der Waals surface area contributed by atoms with Crippen LogP contribution in [0.5, 0.6) is 0 Å². The van der Waals surface area contributed by atoms with Crippen LogP contribution in [-0.2, 0) is 6.42 Å². The minimum absolute atomic E-state index is 0.547. The smallest absolute Gasteiger partial charge is 0.0122 e. The molecule has 0 radical (unpaired) electrons. The van der Waals surface area contributed by atoms with Gasteiger partial charge in [0, 0.05) is 24.7 Å². The molecule has 0 saturated carbocycles. The number of likely N-dealkylation sites (tertiary alicyclic amines) is 1. The molecule has 1 saturated heterocycles. The zero-order valence-electron chi connectivity index (χ0n) is 12.8. The first kappa shape index (κ1) is 14.5. The van der Waals surface area contributed by atoms with Crippen LogP contribution in [0.1, 0.15) is 32.8 Å². The first-order valence-corrected chi connectivity index (χ1v) is 7.56. The quantitative estimate of drug-likeness (QED) is 0.895. The topological polar surface area (TPSA) is 15.3 Å². The Morgan fingerprint density at radius 2 is 1.95 bits per heavy atom. The maximum Gasteiger partial charge on any atom is 0.0122 e. The summed E-state index contributed by atoms with van der Waals surface area (Å²) in [4.78, 5) is 2.48. The third-order valence-electron chi connectivity index (χ3n) is 4.49. The third-order valence-corrected chi connectivity index (χ3v) is 4.49. The fourth-order valence-corrected chi connectivity index (χ4v) is 3.17. The highest BCUT2D eigenvalue weighted by Gasteiger charge is 2.29. The molecule has 4 atom stereocenters. The van der Waals surface area contributed by atoms with Crippen LogP contribution in [0.4, 0.5) is 0 Å². The molecule has 1 N–H and O–H groups in total. The van der Waals surface area contributed by atoms with Gasteiger partial charge in [0.05, 0.1) is 0 Å². The molecule has 19 heavy (non-hydrogen) atoms. The van der Waals surface area contributed by atoms with Crippen LogP contribution in [-0.4, -0.2) is 36.6 Å². The summed E-state index contributed by atoms with van der Waals surface area (Å²) >= 11 is 0. The Kier molecular flexibility index (Phi) is 5.00. The Labute approximate surface area is 118 Å². The molecule has 1 aromatic carbocycles. The molecule has 0 bridgehead atoms. The summed E-state index contributed by atoms with van der Waals surface area (Å²) in [7, 11) is 2.24.